The van der Waals surface area contributed by atoms with Gasteiger partial charge in [0.05, 0.1) is 31.9 Å². The molecule has 3 aromatic rings. The fourth-order valence-electron chi connectivity index (χ4n) is 2.39. The lowest BCUT2D eigenvalue weighted by atomic mass is 10.1. The van der Waals surface area contributed by atoms with Gasteiger partial charge in [-0.1, -0.05) is 12.1 Å². The van der Waals surface area contributed by atoms with Gasteiger partial charge in [0, 0.05) is 5.56 Å². The van der Waals surface area contributed by atoms with Crippen LogP contribution in [0.4, 0.5) is 0 Å². The zero-order chi connectivity index (χ0) is 15.5. The molecule has 0 saturated carbocycles. The minimum Gasteiger partial charge on any atom is -0.493 e. The molecule has 0 aliphatic rings. The van der Waals surface area contributed by atoms with Crippen molar-refractivity contribution in [2.24, 2.45) is 0 Å². The first kappa shape index (κ1) is 14.3. The van der Waals surface area contributed by atoms with Crippen molar-refractivity contribution in [1.82, 2.24) is 9.97 Å². The summed E-state index contributed by atoms with van der Waals surface area (Å²) in [5.41, 5.74) is 2.79. The molecule has 5 nitrogen and oxygen atoms in total. The van der Waals surface area contributed by atoms with Gasteiger partial charge in [0.2, 0.25) is 5.75 Å². The molecule has 0 atom stereocenters. The second-order valence-electron chi connectivity index (χ2n) is 4.75. The molecule has 22 heavy (non-hydrogen) atoms. The van der Waals surface area contributed by atoms with Crippen LogP contribution in [0.5, 0.6) is 17.2 Å². The maximum absolute atomic E-state index is 5.62. The Hall–Kier alpha value is -2.69. The predicted molar refractivity (Wildman–Crippen MR) is 85.8 cm³/mol. The van der Waals surface area contributed by atoms with Gasteiger partial charge in [-0.3, -0.25) is 0 Å². The smallest absolute Gasteiger partial charge is 0.203 e. The summed E-state index contributed by atoms with van der Waals surface area (Å²) >= 11 is 0. The van der Waals surface area contributed by atoms with Crippen molar-refractivity contribution in [2.75, 3.05) is 20.8 Å². The van der Waals surface area contributed by atoms with Crippen LogP contribution in [0.2, 0.25) is 0 Å². The largest absolute Gasteiger partial charge is 0.493 e. The van der Waals surface area contributed by atoms with Crippen LogP contribution in [-0.4, -0.2) is 30.8 Å². The van der Waals surface area contributed by atoms with Gasteiger partial charge >= 0.3 is 0 Å². The third-order valence-electron chi connectivity index (χ3n) is 3.41. The maximum Gasteiger partial charge on any atom is 0.203 e. The van der Waals surface area contributed by atoms with Gasteiger partial charge in [-0.15, -0.1) is 0 Å². The molecule has 1 heterocycles. The summed E-state index contributed by atoms with van der Waals surface area (Å²) in [6.45, 7) is 2.46. The van der Waals surface area contributed by atoms with Crippen LogP contribution in [0.25, 0.3) is 22.4 Å². The van der Waals surface area contributed by atoms with E-state index in [0.29, 0.717) is 23.9 Å². The van der Waals surface area contributed by atoms with E-state index in [1.165, 1.54) is 0 Å². The Kier molecular flexibility index (Phi) is 3.87. The third kappa shape index (κ3) is 2.45. The standard InChI is InChI=1S/C17H18N2O3/c1-4-22-16-14(20-2)9-11(10-15(16)21-3)17-18-12-7-5-6-8-13(12)19-17/h5-10H,4H2,1-3H3,(H,18,19). The van der Waals surface area contributed by atoms with E-state index in [-0.39, 0.29) is 0 Å². The Bertz CT molecular complexity index is 737. The van der Waals surface area contributed by atoms with Gasteiger partial charge in [-0.2, -0.15) is 0 Å². The number of methoxy groups -OCH3 is 2. The number of aromatic amines is 1. The first-order chi connectivity index (χ1) is 10.8. The maximum atomic E-state index is 5.62. The quantitative estimate of drug-likeness (QED) is 0.781. The van der Waals surface area contributed by atoms with Gasteiger partial charge in [0.25, 0.3) is 0 Å². The molecule has 1 N–H and O–H groups in total. The van der Waals surface area contributed by atoms with Crippen LogP contribution in [-0.2, 0) is 0 Å². The molecule has 0 unspecified atom stereocenters. The molecule has 0 radical (unpaired) electrons. The highest BCUT2D eigenvalue weighted by Crippen LogP contribution is 2.41. The molecule has 0 bridgehead atoms. The average molecular weight is 298 g/mol. The van der Waals surface area contributed by atoms with Crippen molar-refractivity contribution in [3.63, 3.8) is 0 Å². The molecule has 0 aliphatic carbocycles. The lowest BCUT2D eigenvalue weighted by molar-refractivity contribution is 0.288. The number of H-pyrrole nitrogens is 1. The number of aromatic nitrogens is 2. The number of fused-ring (bicyclic) bond motifs is 1. The first-order valence-electron chi connectivity index (χ1n) is 7.10. The van der Waals surface area contributed by atoms with Crippen molar-refractivity contribution in [3.8, 4) is 28.6 Å². The lowest BCUT2D eigenvalue weighted by Gasteiger charge is -2.14. The topological polar surface area (TPSA) is 56.4 Å². The Labute approximate surface area is 128 Å². The van der Waals surface area contributed by atoms with Crippen LogP contribution in [0, 0.1) is 0 Å². The number of benzene rings is 2. The Balaban J connectivity index is 2.13. The van der Waals surface area contributed by atoms with Crippen molar-refractivity contribution in [3.05, 3.63) is 36.4 Å². The molecule has 0 amide bonds. The molecular formula is C17H18N2O3. The van der Waals surface area contributed by atoms with Crippen molar-refractivity contribution < 1.29 is 14.2 Å². The highest BCUT2D eigenvalue weighted by molar-refractivity contribution is 5.80. The highest BCUT2D eigenvalue weighted by atomic mass is 16.5. The number of hydrogen-bond donors (Lipinski definition) is 1. The molecule has 0 fully saturated rings. The Morgan fingerprint density at radius 3 is 2.32 bits per heavy atom. The van der Waals surface area contributed by atoms with Crippen LogP contribution in [0.15, 0.2) is 36.4 Å². The molecule has 1 aromatic heterocycles. The summed E-state index contributed by atoms with van der Waals surface area (Å²) in [5, 5.41) is 0. The van der Waals surface area contributed by atoms with E-state index in [9.17, 15) is 0 Å². The summed E-state index contributed by atoms with van der Waals surface area (Å²) in [6.07, 6.45) is 0. The molecule has 2 aromatic carbocycles. The van der Waals surface area contributed by atoms with Crippen LogP contribution >= 0.6 is 0 Å². The number of nitrogens with one attached hydrogen (secondary N) is 1. The number of para-hydroxylation sites is 2. The van der Waals surface area contributed by atoms with Crippen LogP contribution in [0.1, 0.15) is 6.92 Å². The monoisotopic (exact) mass is 298 g/mol. The summed E-state index contributed by atoms with van der Waals surface area (Å²) in [5.74, 6) is 2.61. The summed E-state index contributed by atoms with van der Waals surface area (Å²) in [4.78, 5) is 7.90. The normalized spacial score (nSPS) is 10.7. The second kappa shape index (κ2) is 5.97. The van der Waals surface area contributed by atoms with Gasteiger partial charge in [-0.25, -0.2) is 4.98 Å². The van der Waals surface area contributed by atoms with Gasteiger partial charge in [0.1, 0.15) is 5.82 Å². The fourth-order valence-corrected chi connectivity index (χ4v) is 2.39. The van der Waals surface area contributed by atoms with Crippen molar-refractivity contribution in [1.29, 1.82) is 0 Å². The second-order valence-corrected chi connectivity index (χ2v) is 4.75. The Morgan fingerprint density at radius 1 is 1.05 bits per heavy atom. The predicted octanol–water partition coefficient (Wildman–Crippen LogP) is 3.65. The minimum atomic E-state index is 0.538. The SMILES string of the molecule is CCOc1c(OC)cc(-c2nc3ccccc3[nH]2)cc1OC. The van der Waals surface area contributed by atoms with Gasteiger partial charge < -0.3 is 19.2 Å². The zero-order valence-corrected chi connectivity index (χ0v) is 12.8. The number of rotatable bonds is 5. The van der Waals surface area contributed by atoms with Gasteiger partial charge in [-0.05, 0) is 31.2 Å². The van der Waals surface area contributed by atoms with Gasteiger partial charge in [0.15, 0.2) is 11.5 Å². The zero-order valence-electron chi connectivity index (χ0n) is 12.8. The average Bonchev–Trinajstić information content (AvgIpc) is 2.99. The summed E-state index contributed by atoms with van der Waals surface area (Å²) < 4.78 is 16.5. The lowest BCUT2D eigenvalue weighted by Crippen LogP contribution is -1.99. The molecule has 5 heteroatoms. The molecular weight excluding hydrogens is 280 g/mol. The van der Waals surface area contributed by atoms with E-state index in [2.05, 4.69) is 9.97 Å². The number of ether oxygens (including phenoxy) is 3. The van der Waals surface area contributed by atoms with E-state index in [0.717, 1.165) is 22.4 Å². The Morgan fingerprint density at radius 2 is 1.73 bits per heavy atom. The highest BCUT2D eigenvalue weighted by Gasteiger charge is 2.16. The van der Waals surface area contributed by atoms with Crippen molar-refractivity contribution in [2.45, 2.75) is 6.92 Å². The summed E-state index contributed by atoms with van der Waals surface area (Å²) in [6, 6.07) is 11.7. The number of hydrogen-bond acceptors (Lipinski definition) is 4. The minimum absolute atomic E-state index is 0.538. The van der Waals surface area contributed by atoms with Crippen LogP contribution < -0.4 is 14.2 Å². The van der Waals surface area contributed by atoms with Crippen molar-refractivity contribution >= 4 is 11.0 Å². The molecule has 114 valence electrons. The van der Waals surface area contributed by atoms with E-state index in [1.807, 2.05) is 43.3 Å². The van der Waals surface area contributed by atoms with E-state index in [1.54, 1.807) is 14.2 Å². The number of imidazole rings is 1. The van der Waals surface area contributed by atoms with E-state index >= 15 is 0 Å². The summed E-state index contributed by atoms with van der Waals surface area (Å²) in [7, 11) is 3.22. The molecule has 3 rings (SSSR count). The van der Waals surface area contributed by atoms with E-state index < -0.39 is 0 Å². The number of nitrogens with zero attached hydrogens (tertiary/aromatic N) is 1. The van der Waals surface area contributed by atoms with E-state index in [4.69, 9.17) is 14.2 Å². The third-order valence-corrected chi connectivity index (χ3v) is 3.41. The van der Waals surface area contributed by atoms with Crippen LogP contribution in [0.3, 0.4) is 0 Å². The fraction of sp³-hybridized carbons (Fsp3) is 0.235. The molecule has 0 saturated heterocycles. The molecule has 0 aliphatic heterocycles. The first-order valence-corrected chi connectivity index (χ1v) is 7.10. The molecule has 0 spiro atoms.